The second kappa shape index (κ2) is 8.65. The molecule has 0 bridgehead atoms. The first-order valence-electron chi connectivity index (χ1n) is 9.22. The van der Waals surface area contributed by atoms with E-state index >= 15 is 0 Å². The Labute approximate surface area is 154 Å². The predicted molar refractivity (Wildman–Crippen MR) is 103 cm³/mol. The monoisotopic (exact) mass is 354 g/mol. The van der Waals surface area contributed by atoms with E-state index in [9.17, 15) is 4.79 Å². The highest BCUT2D eigenvalue weighted by Crippen LogP contribution is 2.25. The van der Waals surface area contributed by atoms with E-state index in [4.69, 9.17) is 4.74 Å². The lowest BCUT2D eigenvalue weighted by atomic mass is 10.1. The number of carbonyl (C=O) groups is 1. The first kappa shape index (κ1) is 18.2. The number of hydrogen-bond donors (Lipinski definition) is 2. The highest BCUT2D eigenvalue weighted by atomic mass is 16.5. The van der Waals surface area contributed by atoms with E-state index in [1.165, 1.54) is 25.7 Å². The Morgan fingerprint density at radius 2 is 1.85 bits per heavy atom. The van der Waals surface area contributed by atoms with Gasteiger partial charge in [-0.25, -0.2) is 0 Å². The third kappa shape index (κ3) is 4.71. The molecule has 1 saturated carbocycles. The Morgan fingerprint density at radius 1 is 1.08 bits per heavy atom. The maximum atomic E-state index is 12.5. The summed E-state index contributed by atoms with van der Waals surface area (Å²) in [5, 5.41) is 14.5. The molecule has 0 radical (unpaired) electrons. The summed E-state index contributed by atoms with van der Waals surface area (Å²) in [6, 6.07) is 9.59. The zero-order valence-electron chi connectivity index (χ0n) is 15.4. The van der Waals surface area contributed by atoms with Crippen molar-refractivity contribution >= 4 is 17.4 Å². The van der Waals surface area contributed by atoms with Crippen LogP contribution < -0.4 is 15.4 Å². The molecule has 6 nitrogen and oxygen atoms in total. The number of hydrogen-bond acceptors (Lipinski definition) is 5. The summed E-state index contributed by atoms with van der Waals surface area (Å²) >= 11 is 0. The molecule has 2 N–H and O–H groups in total. The van der Waals surface area contributed by atoms with Gasteiger partial charge in [-0.3, -0.25) is 4.79 Å². The van der Waals surface area contributed by atoms with Crippen molar-refractivity contribution in [3.05, 3.63) is 41.6 Å². The number of aryl methyl sites for hydroxylation is 1. The Hall–Kier alpha value is -2.63. The number of methoxy groups -OCH3 is 1. The topological polar surface area (TPSA) is 76.1 Å². The molecule has 138 valence electrons. The Bertz CT molecular complexity index is 738. The van der Waals surface area contributed by atoms with Crippen LogP contribution in [0.4, 0.5) is 11.5 Å². The summed E-state index contributed by atoms with van der Waals surface area (Å²) in [7, 11) is 1.58. The summed E-state index contributed by atoms with van der Waals surface area (Å²) in [5.41, 5.74) is 1.94. The number of ether oxygens (including phenoxy) is 1. The number of benzene rings is 1. The van der Waals surface area contributed by atoms with Gasteiger partial charge in [0.15, 0.2) is 5.69 Å². The first-order valence-corrected chi connectivity index (χ1v) is 9.22. The lowest BCUT2D eigenvalue weighted by Crippen LogP contribution is -2.20. The summed E-state index contributed by atoms with van der Waals surface area (Å²) in [5.74, 6) is 1.03. The van der Waals surface area contributed by atoms with E-state index < -0.39 is 0 Å². The molecule has 1 heterocycles. The SMILES string of the molecule is COc1ccc(C)cc1NC(=O)c1ccc(NC2CCCCCC2)nn1. The molecule has 26 heavy (non-hydrogen) atoms. The Kier molecular flexibility index (Phi) is 6.04. The fraction of sp³-hybridized carbons (Fsp3) is 0.450. The molecule has 1 amide bonds. The minimum absolute atomic E-state index is 0.278. The quantitative estimate of drug-likeness (QED) is 0.788. The molecule has 1 aromatic heterocycles. The van der Waals surface area contributed by atoms with E-state index in [-0.39, 0.29) is 11.6 Å². The van der Waals surface area contributed by atoms with Crippen molar-refractivity contribution in [1.82, 2.24) is 10.2 Å². The van der Waals surface area contributed by atoms with Crippen molar-refractivity contribution in [3.8, 4) is 5.75 Å². The largest absolute Gasteiger partial charge is 0.495 e. The predicted octanol–water partition coefficient (Wildman–Crippen LogP) is 4.18. The van der Waals surface area contributed by atoms with E-state index in [2.05, 4.69) is 20.8 Å². The van der Waals surface area contributed by atoms with Gasteiger partial charge < -0.3 is 15.4 Å². The number of rotatable bonds is 5. The van der Waals surface area contributed by atoms with Crippen LogP contribution in [0.15, 0.2) is 30.3 Å². The van der Waals surface area contributed by atoms with Crippen LogP contribution in [0.1, 0.15) is 54.6 Å². The molecule has 1 fully saturated rings. The molecule has 1 aliphatic carbocycles. The number of nitrogens with zero attached hydrogens (tertiary/aromatic N) is 2. The smallest absolute Gasteiger partial charge is 0.276 e. The number of anilines is 2. The lowest BCUT2D eigenvalue weighted by molar-refractivity contribution is 0.102. The molecule has 0 spiro atoms. The van der Waals surface area contributed by atoms with Crippen LogP contribution in [0.2, 0.25) is 0 Å². The van der Waals surface area contributed by atoms with Gasteiger partial charge in [0, 0.05) is 6.04 Å². The highest BCUT2D eigenvalue weighted by Gasteiger charge is 2.15. The van der Waals surface area contributed by atoms with E-state index in [1.807, 2.05) is 31.2 Å². The summed E-state index contributed by atoms with van der Waals surface area (Å²) in [6.07, 6.45) is 7.46. The highest BCUT2D eigenvalue weighted by molar-refractivity contribution is 6.03. The van der Waals surface area contributed by atoms with E-state index in [0.717, 1.165) is 24.2 Å². The zero-order chi connectivity index (χ0) is 18.4. The van der Waals surface area contributed by atoms with Gasteiger partial charge in [-0.05, 0) is 49.6 Å². The van der Waals surface area contributed by atoms with E-state index in [1.54, 1.807) is 13.2 Å². The normalized spacial score (nSPS) is 15.2. The van der Waals surface area contributed by atoms with Crippen LogP contribution >= 0.6 is 0 Å². The van der Waals surface area contributed by atoms with Crippen molar-refractivity contribution in [1.29, 1.82) is 0 Å². The van der Waals surface area contributed by atoms with Crippen LogP contribution in [0.3, 0.4) is 0 Å². The van der Waals surface area contributed by atoms with Gasteiger partial charge in [0.25, 0.3) is 5.91 Å². The van der Waals surface area contributed by atoms with Gasteiger partial charge in [-0.15, -0.1) is 10.2 Å². The summed E-state index contributed by atoms with van der Waals surface area (Å²) < 4.78 is 5.29. The maximum Gasteiger partial charge on any atom is 0.276 e. The molecule has 2 aromatic rings. The molecule has 0 unspecified atom stereocenters. The standard InChI is InChI=1S/C20H26N4O2/c1-14-9-11-18(26-2)17(13-14)22-20(25)16-10-12-19(24-23-16)21-15-7-5-3-4-6-8-15/h9-13,15H,3-8H2,1-2H3,(H,21,24)(H,22,25). The van der Waals surface area contributed by atoms with Crippen molar-refractivity contribution < 1.29 is 9.53 Å². The number of nitrogens with one attached hydrogen (secondary N) is 2. The van der Waals surface area contributed by atoms with Crippen LogP contribution in [0, 0.1) is 6.92 Å². The maximum absolute atomic E-state index is 12.5. The molecule has 0 atom stereocenters. The van der Waals surface area contributed by atoms with Crippen molar-refractivity contribution in [3.63, 3.8) is 0 Å². The number of amides is 1. The summed E-state index contributed by atoms with van der Waals surface area (Å²) in [6.45, 7) is 1.96. The lowest BCUT2D eigenvalue weighted by Gasteiger charge is -2.16. The molecule has 3 rings (SSSR count). The molecule has 6 heteroatoms. The van der Waals surface area contributed by atoms with Gasteiger partial charge in [0.1, 0.15) is 11.6 Å². The van der Waals surface area contributed by atoms with E-state index in [0.29, 0.717) is 17.5 Å². The van der Waals surface area contributed by atoms with Gasteiger partial charge >= 0.3 is 0 Å². The van der Waals surface area contributed by atoms with Crippen LogP contribution in [-0.2, 0) is 0 Å². The third-order valence-corrected chi connectivity index (χ3v) is 4.71. The van der Waals surface area contributed by atoms with Gasteiger partial charge in [0.05, 0.1) is 12.8 Å². The number of aromatic nitrogens is 2. The molecule has 1 aliphatic rings. The first-order chi connectivity index (χ1) is 12.7. The van der Waals surface area contributed by atoms with Crippen molar-refractivity contribution in [2.24, 2.45) is 0 Å². The van der Waals surface area contributed by atoms with Crippen LogP contribution in [-0.4, -0.2) is 29.3 Å². The number of carbonyl (C=O) groups excluding carboxylic acids is 1. The Balaban J connectivity index is 1.64. The van der Waals surface area contributed by atoms with Crippen molar-refractivity contribution in [2.45, 2.75) is 51.5 Å². The fourth-order valence-electron chi connectivity index (χ4n) is 3.27. The average molecular weight is 354 g/mol. The second-order valence-corrected chi connectivity index (χ2v) is 6.79. The van der Waals surface area contributed by atoms with Gasteiger partial charge in [0.2, 0.25) is 0 Å². The molecule has 1 aromatic carbocycles. The molecular formula is C20H26N4O2. The Morgan fingerprint density at radius 3 is 2.50 bits per heavy atom. The third-order valence-electron chi connectivity index (χ3n) is 4.71. The summed E-state index contributed by atoms with van der Waals surface area (Å²) in [4.78, 5) is 12.5. The average Bonchev–Trinajstić information content (AvgIpc) is 2.91. The second-order valence-electron chi connectivity index (χ2n) is 6.79. The zero-order valence-corrected chi connectivity index (χ0v) is 15.4. The minimum atomic E-state index is -0.303. The minimum Gasteiger partial charge on any atom is -0.495 e. The van der Waals surface area contributed by atoms with Gasteiger partial charge in [-0.1, -0.05) is 31.7 Å². The van der Waals surface area contributed by atoms with Crippen molar-refractivity contribution in [2.75, 3.05) is 17.7 Å². The molecule has 0 saturated heterocycles. The molecule has 0 aliphatic heterocycles. The van der Waals surface area contributed by atoms with Crippen LogP contribution in [0.5, 0.6) is 5.75 Å². The molecular weight excluding hydrogens is 328 g/mol. The van der Waals surface area contributed by atoms with Crippen LogP contribution in [0.25, 0.3) is 0 Å². The van der Waals surface area contributed by atoms with Gasteiger partial charge in [-0.2, -0.15) is 0 Å². The fourth-order valence-corrected chi connectivity index (χ4v) is 3.27.